The lowest BCUT2D eigenvalue weighted by Gasteiger charge is -2.20. The molecule has 0 aliphatic heterocycles. The second kappa shape index (κ2) is 7.01. The van der Waals surface area contributed by atoms with Crippen LogP contribution in [-0.2, 0) is 9.53 Å². The minimum absolute atomic E-state index is 0.0707. The van der Waals surface area contributed by atoms with Crippen LogP contribution in [0.1, 0.15) is 26.7 Å². The van der Waals surface area contributed by atoms with Gasteiger partial charge >= 0.3 is 5.97 Å². The quantitative estimate of drug-likeness (QED) is 0.413. The fourth-order valence-corrected chi connectivity index (χ4v) is 1.11. The smallest absolute Gasteiger partial charge is 0.325 e. The number of aliphatic imine (C=N–C) groups is 1. The van der Waals surface area contributed by atoms with Crippen LogP contribution in [0.3, 0.4) is 0 Å². The maximum atomic E-state index is 13.3. The maximum Gasteiger partial charge on any atom is 0.325 e. The normalized spacial score (nSPS) is 16.5. The first-order valence-electron chi connectivity index (χ1n) is 5.28. The van der Waals surface area contributed by atoms with Crippen LogP contribution in [0.5, 0.6) is 0 Å². The summed E-state index contributed by atoms with van der Waals surface area (Å²) >= 11 is 0. The highest BCUT2D eigenvalue weighted by atomic mass is 19.1. The van der Waals surface area contributed by atoms with Gasteiger partial charge in [-0.3, -0.25) is 9.79 Å². The molecule has 0 aromatic heterocycles. The SMILES string of the molecule is COC(=O)C(C)(N)CC/C(F)=C/CN=C(C)N. The van der Waals surface area contributed by atoms with Gasteiger partial charge in [-0.05, 0) is 26.3 Å². The predicted molar refractivity (Wildman–Crippen MR) is 65.2 cm³/mol. The minimum Gasteiger partial charge on any atom is -0.468 e. The van der Waals surface area contributed by atoms with E-state index in [1.165, 1.54) is 20.1 Å². The molecule has 1 atom stereocenters. The van der Waals surface area contributed by atoms with Gasteiger partial charge in [0.15, 0.2) is 0 Å². The summed E-state index contributed by atoms with van der Waals surface area (Å²) in [6, 6.07) is 0. The van der Waals surface area contributed by atoms with E-state index in [1.54, 1.807) is 6.92 Å². The first kappa shape index (κ1) is 15.6. The summed E-state index contributed by atoms with van der Waals surface area (Å²) in [5.74, 6) is -0.524. The number of nitrogens with zero attached hydrogens (tertiary/aromatic N) is 1. The summed E-state index contributed by atoms with van der Waals surface area (Å²) in [5.41, 5.74) is 9.80. The number of esters is 1. The van der Waals surface area contributed by atoms with Crippen molar-refractivity contribution in [1.82, 2.24) is 0 Å². The van der Waals surface area contributed by atoms with Crippen molar-refractivity contribution in [1.29, 1.82) is 0 Å². The molecule has 98 valence electrons. The number of carbonyl (C=O) groups excluding carboxylic acids is 1. The number of rotatable bonds is 6. The lowest BCUT2D eigenvalue weighted by atomic mass is 9.97. The zero-order valence-electron chi connectivity index (χ0n) is 10.5. The van der Waals surface area contributed by atoms with Crippen LogP contribution < -0.4 is 11.5 Å². The highest BCUT2D eigenvalue weighted by molar-refractivity contribution is 5.79. The molecule has 0 aliphatic carbocycles. The molecule has 17 heavy (non-hydrogen) atoms. The molecule has 4 N–H and O–H groups in total. The molecule has 0 fully saturated rings. The Labute approximate surface area is 101 Å². The van der Waals surface area contributed by atoms with Crippen LogP contribution in [0.25, 0.3) is 0 Å². The molecule has 0 saturated heterocycles. The number of nitrogens with two attached hydrogens (primary N) is 2. The molecular weight excluding hydrogens is 225 g/mol. The van der Waals surface area contributed by atoms with Crippen molar-refractivity contribution < 1.29 is 13.9 Å². The molecule has 5 nitrogen and oxygen atoms in total. The number of methoxy groups -OCH3 is 1. The van der Waals surface area contributed by atoms with Crippen LogP contribution in [0, 0.1) is 0 Å². The Morgan fingerprint density at radius 1 is 1.59 bits per heavy atom. The van der Waals surface area contributed by atoms with E-state index in [-0.39, 0.29) is 25.2 Å². The van der Waals surface area contributed by atoms with Crippen LogP contribution >= 0.6 is 0 Å². The Balaban J connectivity index is 4.19. The number of hydrogen-bond acceptors (Lipinski definition) is 4. The Hall–Kier alpha value is -1.43. The van der Waals surface area contributed by atoms with Crippen molar-refractivity contribution in [3.8, 4) is 0 Å². The van der Waals surface area contributed by atoms with E-state index in [4.69, 9.17) is 11.5 Å². The van der Waals surface area contributed by atoms with Gasteiger partial charge in [-0.25, -0.2) is 4.39 Å². The van der Waals surface area contributed by atoms with Crippen molar-refractivity contribution in [2.75, 3.05) is 13.7 Å². The van der Waals surface area contributed by atoms with Gasteiger partial charge in [-0.15, -0.1) is 0 Å². The molecule has 0 radical (unpaired) electrons. The van der Waals surface area contributed by atoms with E-state index >= 15 is 0 Å². The van der Waals surface area contributed by atoms with Gasteiger partial charge in [0.1, 0.15) is 5.54 Å². The molecule has 0 bridgehead atoms. The molecule has 0 amide bonds. The van der Waals surface area contributed by atoms with Gasteiger partial charge in [-0.1, -0.05) is 0 Å². The van der Waals surface area contributed by atoms with Crippen molar-refractivity contribution in [2.45, 2.75) is 32.2 Å². The monoisotopic (exact) mass is 245 g/mol. The van der Waals surface area contributed by atoms with Gasteiger partial charge in [-0.2, -0.15) is 0 Å². The third-order valence-electron chi connectivity index (χ3n) is 2.19. The van der Waals surface area contributed by atoms with E-state index in [2.05, 4.69) is 9.73 Å². The van der Waals surface area contributed by atoms with Crippen molar-refractivity contribution >= 4 is 11.8 Å². The van der Waals surface area contributed by atoms with Gasteiger partial charge in [0.25, 0.3) is 0 Å². The van der Waals surface area contributed by atoms with Crippen molar-refractivity contribution in [3.63, 3.8) is 0 Å². The summed E-state index contributed by atoms with van der Waals surface area (Å²) in [6.45, 7) is 3.32. The fraction of sp³-hybridized carbons (Fsp3) is 0.636. The van der Waals surface area contributed by atoms with Crippen LogP contribution in [0.2, 0.25) is 0 Å². The number of amidine groups is 1. The predicted octanol–water partition coefficient (Wildman–Crippen LogP) is 0.887. The molecule has 0 aromatic rings. The molecule has 6 heteroatoms. The average molecular weight is 245 g/mol. The second-order valence-corrected chi connectivity index (χ2v) is 4.04. The van der Waals surface area contributed by atoms with Gasteiger partial charge in [0.05, 0.1) is 25.3 Å². The number of allylic oxidation sites excluding steroid dienone is 1. The van der Waals surface area contributed by atoms with E-state index in [0.717, 1.165) is 0 Å². The highest BCUT2D eigenvalue weighted by Gasteiger charge is 2.29. The maximum absolute atomic E-state index is 13.3. The number of hydrogen-bond donors (Lipinski definition) is 2. The van der Waals surface area contributed by atoms with E-state index in [9.17, 15) is 9.18 Å². The molecule has 0 rings (SSSR count). The summed E-state index contributed by atoms with van der Waals surface area (Å²) in [6.07, 6.45) is 1.55. The molecule has 0 spiro atoms. The van der Waals surface area contributed by atoms with E-state index < -0.39 is 11.5 Å². The van der Waals surface area contributed by atoms with Crippen molar-refractivity contribution in [3.05, 3.63) is 11.9 Å². The largest absolute Gasteiger partial charge is 0.468 e. The summed E-state index contributed by atoms with van der Waals surface area (Å²) in [5, 5.41) is 0. The lowest BCUT2D eigenvalue weighted by Crippen LogP contribution is -2.45. The first-order valence-corrected chi connectivity index (χ1v) is 5.28. The third-order valence-corrected chi connectivity index (χ3v) is 2.19. The summed E-state index contributed by atoms with van der Waals surface area (Å²) in [7, 11) is 1.25. The first-order chi connectivity index (χ1) is 7.79. The van der Waals surface area contributed by atoms with Gasteiger partial charge in [0, 0.05) is 6.42 Å². The third kappa shape index (κ3) is 6.68. The van der Waals surface area contributed by atoms with Gasteiger partial charge < -0.3 is 16.2 Å². The van der Waals surface area contributed by atoms with E-state index in [0.29, 0.717) is 5.84 Å². The number of ether oxygens (including phenoxy) is 1. The molecule has 0 saturated carbocycles. The number of carbonyl (C=O) groups is 1. The van der Waals surface area contributed by atoms with Crippen LogP contribution in [0.15, 0.2) is 16.9 Å². The Bertz CT molecular complexity index is 321. The Morgan fingerprint density at radius 2 is 2.18 bits per heavy atom. The molecular formula is C11H20FN3O2. The fourth-order valence-electron chi connectivity index (χ4n) is 1.11. The lowest BCUT2D eigenvalue weighted by molar-refractivity contribution is -0.146. The van der Waals surface area contributed by atoms with E-state index in [1.807, 2.05) is 0 Å². The standard InChI is InChI=1S/C11H20FN3O2/c1-8(13)15-7-5-9(12)4-6-11(2,14)10(16)17-3/h5H,4,6-7,14H2,1-3H3,(H2,13,15)/b9-5-. The Kier molecular flexibility index (Phi) is 6.42. The molecule has 1 unspecified atom stereocenters. The molecule has 0 aromatic carbocycles. The zero-order valence-corrected chi connectivity index (χ0v) is 10.5. The molecule has 0 heterocycles. The van der Waals surface area contributed by atoms with Gasteiger partial charge in [0.2, 0.25) is 0 Å². The zero-order chi connectivity index (χ0) is 13.5. The minimum atomic E-state index is -1.17. The Morgan fingerprint density at radius 3 is 2.65 bits per heavy atom. The van der Waals surface area contributed by atoms with Crippen molar-refractivity contribution in [2.24, 2.45) is 16.5 Å². The summed E-state index contributed by atoms with van der Waals surface area (Å²) < 4.78 is 17.8. The van der Waals surface area contributed by atoms with Crippen LogP contribution in [-0.4, -0.2) is 31.0 Å². The second-order valence-electron chi connectivity index (χ2n) is 4.04. The summed E-state index contributed by atoms with van der Waals surface area (Å²) in [4.78, 5) is 15.0. The topological polar surface area (TPSA) is 90.7 Å². The molecule has 0 aliphatic rings. The average Bonchev–Trinajstić information content (AvgIpc) is 2.24. The highest BCUT2D eigenvalue weighted by Crippen LogP contribution is 2.16. The number of halogens is 1. The van der Waals surface area contributed by atoms with Crippen LogP contribution in [0.4, 0.5) is 4.39 Å².